The molecule has 0 radical (unpaired) electrons. The van der Waals surface area contributed by atoms with Crippen molar-refractivity contribution >= 4 is 71.9 Å². The van der Waals surface area contributed by atoms with Crippen LogP contribution in [0.4, 0.5) is 0 Å². The van der Waals surface area contributed by atoms with Gasteiger partial charge in [-0.1, -0.05) is 162 Å². The summed E-state index contributed by atoms with van der Waals surface area (Å²) in [7, 11) is 0. The molecule has 0 unspecified atom stereocenters. The normalized spacial score (nSPS) is 11.6. The monoisotopic (exact) mass is 732 g/mol. The van der Waals surface area contributed by atoms with Crippen molar-refractivity contribution in [3.05, 3.63) is 12.2 Å². The van der Waals surface area contributed by atoms with Gasteiger partial charge in [0.2, 0.25) is 0 Å². The molecule has 0 aliphatic heterocycles. The molecule has 2 nitrogen and oxygen atoms in total. The molecule has 0 heterocycles. The number of unbranched alkanes of at least 4 members (excludes halogenated alkanes) is 14. The Morgan fingerprint density at radius 2 is 1.04 bits per heavy atom. The molecule has 0 bridgehead atoms. The van der Waals surface area contributed by atoms with E-state index in [1.54, 1.807) is 6.92 Å². The lowest BCUT2D eigenvalue weighted by molar-refractivity contribution is -0.139. The first kappa shape index (κ1) is 28.6. The lowest BCUT2D eigenvalue weighted by atomic mass is 10.0. The van der Waals surface area contributed by atoms with Crippen molar-refractivity contribution in [2.75, 3.05) is 6.61 Å². The Hall–Kier alpha value is 1.62. The van der Waals surface area contributed by atoms with Gasteiger partial charge in [-0.05, 0) is 19.4 Å². The zero-order valence-corrected chi connectivity index (χ0v) is 24.7. The van der Waals surface area contributed by atoms with Gasteiger partial charge in [0.1, 0.15) is 0 Å². The molecule has 0 fully saturated rings. The van der Waals surface area contributed by atoms with Crippen LogP contribution < -0.4 is 0 Å². The molecule has 0 aromatic carbocycles. The molecule has 0 spiro atoms. The average molecular weight is 732 g/mol. The molecular weight excluding hydrogens is 693 g/mol. The minimum atomic E-state index is -0.885. The molecule has 6 heteroatoms. The summed E-state index contributed by atoms with van der Waals surface area (Å²) in [6.07, 6.45) is 20.4. The molecule has 0 aliphatic rings. The summed E-state index contributed by atoms with van der Waals surface area (Å²) in [6, 6.07) is 1.47. The smallest absolute Gasteiger partial charge is 0.333 e. The minimum Gasteiger partial charge on any atom is -0.462 e. The maximum absolute atomic E-state index is 11.2. The summed E-state index contributed by atoms with van der Waals surface area (Å²) in [4.78, 5) is 11.2. The number of rotatable bonds is 19. The summed E-state index contributed by atoms with van der Waals surface area (Å²) < 4.78 is 4.21. The fourth-order valence-corrected chi connectivity index (χ4v) is 7.10. The second kappa shape index (κ2) is 19.6. The van der Waals surface area contributed by atoms with E-state index in [2.05, 4.69) is 72.0 Å². The second-order valence-corrected chi connectivity index (χ2v) is 44.5. The summed E-state index contributed by atoms with van der Waals surface area (Å²) in [5.74, 6) is -0.254. The van der Waals surface area contributed by atoms with Crippen molar-refractivity contribution in [1.29, 1.82) is 0 Å². The molecule has 0 aliphatic carbocycles. The van der Waals surface area contributed by atoms with Gasteiger partial charge in [-0.3, -0.25) is 0 Å². The molecular formula is C21H39I3O2Si. The largest absolute Gasteiger partial charge is 0.462 e. The topological polar surface area (TPSA) is 26.3 Å². The van der Waals surface area contributed by atoms with Crippen molar-refractivity contribution < 1.29 is 9.53 Å². The molecule has 0 N–H and O–H groups in total. The predicted octanol–water partition coefficient (Wildman–Crippen LogP) is 9.20. The van der Waals surface area contributed by atoms with Crippen LogP contribution in [0.3, 0.4) is 0 Å². The molecule has 0 saturated carbocycles. The van der Waals surface area contributed by atoms with E-state index >= 15 is 0 Å². The molecule has 27 heavy (non-hydrogen) atoms. The van der Waals surface area contributed by atoms with E-state index in [1.165, 1.54) is 95.9 Å². The Bertz CT molecular complexity index is 384. The van der Waals surface area contributed by atoms with Gasteiger partial charge in [0.25, 0.3) is 0.564 Å². The van der Waals surface area contributed by atoms with Gasteiger partial charge >= 0.3 is 5.97 Å². The number of ether oxygens (including phenoxy) is 1. The molecule has 0 amide bonds. The van der Waals surface area contributed by atoms with Crippen molar-refractivity contribution in [3.8, 4) is 0 Å². The fraction of sp³-hybridized carbons (Fsp3) is 0.857. The molecule has 0 rings (SSSR count). The van der Waals surface area contributed by atoms with Crippen LogP contribution in [-0.4, -0.2) is 13.1 Å². The van der Waals surface area contributed by atoms with Gasteiger partial charge < -0.3 is 4.74 Å². The van der Waals surface area contributed by atoms with Gasteiger partial charge in [-0.2, -0.15) is 0 Å². The number of halogens is 3. The van der Waals surface area contributed by atoms with E-state index < -0.39 is 0.564 Å². The SMILES string of the molecule is C=C(C)C(=O)OCCCCCCCCCCCCCCCCC[Si](I)(I)I. The number of hydrogen-bond acceptors (Lipinski definition) is 2. The van der Waals surface area contributed by atoms with Crippen LogP contribution in [0.2, 0.25) is 6.04 Å². The Kier molecular flexibility index (Phi) is 20.7. The van der Waals surface area contributed by atoms with Crippen molar-refractivity contribution in [3.63, 3.8) is 0 Å². The lowest BCUT2D eigenvalue weighted by Gasteiger charge is -2.08. The highest BCUT2D eigenvalue weighted by Gasteiger charge is 2.19. The van der Waals surface area contributed by atoms with Gasteiger partial charge in [-0.15, -0.1) is 0 Å². The van der Waals surface area contributed by atoms with Gasteiger partial charge in [0, 0.05) is 5.57 Å². The van der Waals surface area contributed by atoms with Gasteiger partial charge in [-0.25, -0.2) is 4.79 Å². The highest BCUT2D eigenvalue weighted by atomic mass is 127. The third kappa shape index (κ3) is 23.8. The number of hydrogen-bond donors (Lipinski definition) is 0. The van der Waals surface area contributed by atoms with Crippen molar-refractivity contribution in [2.45, 2.75) is 109 Å². The summed E-state index contributed by atoms with van der Waals surface area (Å²) in [5.41, 5.74) is 0.492. The zero-order chi connectivity index (χ0) is 20.4. The average Bonchev–Trinajstić information content (AvgIpc) is 2.59. The molecule has 0 atom stereocenters. The first-order valence-electron chi connectivity index (χ1n) is 10.7. The van der Waals surface area contributed by atoms with Crippen LogP contribution in [-0.2, 0) is 9.53 Å². The molecule has 160 valence electrons. The summed E-state index contributed by atoms with van der Waals surface area (Å²) >= 11 is 8.03. The van der Waals surface area contributed by atoms with E-state index in [4.69, 9.17) is 4.74 Å². The van der Waals surface area contributed by atoms with Crippen LogP contribution in [0.15, 0.2) is 12.2 Å². The third-order valence-electron chi connectivity index (χ3n) is 4.69. The minimum absolute atomic E-state index is 0.254. The maximum Gasteiger partial charge on any atom is 0.333 e. The van der Waals surface area contributed by atoms with Crippen molar-refractivity contribution in [2.24, 2.45) is 0 Å². The highest BCUT2D eigenvalue weighted by Crippen LogP contribution is 2.35. The van der Waals surface area contributed by atoms with Gasteiger partial charge in [0.05, 0.1) is 6.61 Å². The Balaban J connectivity index is 3.11. The second-order valence-electron chi connectivity index (χ2n) is 7.58. The summed E-state index contributed by atoms with van der Waals surface area (Å²) in [6.45, 7) is 5.82. The maximum atomic E-state index is 11.2. The Morgan fingerprint density at radius 1 is 0.704 bits per heavy atom. The number of carbonyl (C=O) groups is 1. The Labute approximate surface area is 207 Å². The quantitative estimate of drug-likeness (QED) is 0.0331. The van der Waals surface area contributed by atoms with Crippen LogP contribution in [0, 0.1) is 0 Å². The fourth-order valence-electron chi connectivity index (χ4n) is 3.01. The molecule has 0 aromatic rings. The molecule has 0 saturated heterocycles. The first-order chi connectivity index (χ1) is 12.8. The van der Waals surface area contributed by atoms with E-state index in [9.17, 15) is 4.79 Å². The zero-order valence-electron chi connectivity index (χ0n) is 17.2. The third-order valence-corrected chi connectivity index (χ3v) is 10.5. The summed E-state index contributed by atoms with van der Waals surface area (Å²) in [5, 5.41) is 0. The lowest BCUT2D eigenvalue weighted by Crippen LogP contribution is -2.05. The van der Waals surface area contributed by atoms with Gasteiger partial charge in [0.15, 0.2) is 0 Å². The Morgan fingerprint density at radius 3 is 1.37 bits per heavy atom. The van der Waals surface area contributed by atoms with E-state index in [-0.39, 0.29) is 5.97 Å². The van der Waals surface area contributed by atoms with E-state index in [0.29, 0.717) is 12.2 Å². The first-order valence-corrected chi connectivity index (χ1v) is 22.3. The number of carbonyl (C=O) groups excluding carboxylic acids is 1. The van der Waals surface area contributed by atoms with Crippen LogP contribution in [0.5, 0.6) is 0 Å². The molecule has 0 aromatic heterocycles. The number of esters is 1. The van der Waals surface area contributed by atoms with Crippen LogP contribution in [0.1, 0.15) is 103 Å². The van der Waals surface area contributed by atoms with Crippen LogP contribution in [0.25, 0.3) is 0 Å². The van der Waals surface area contributed by atoms with Crippen LogP contribution >= 0.6 is 65.4 Å². The van der Waals surface area contributed by atoms with E-state index in [1.807, 2.05) is 0 Å². The highest BCUT2D eigenvalue weighted by molar-refractivity contribution is 14.4. The van der Waals surface area contributed by atoms with E-state index in [0.717, 1.165) is 6.42 Å². The standard InChI is InChI=1S/C21H39I3O2Si/c1-20(2)21(25)26-18-16-14-12-10-8-6-4-3-5-7-9-11-13-15-17-19-27(22,23)24/h1,3-19H2,2H3. The van der Waals surface area contributed by atoms with Crippen molar-refractivity contribution in [1.82, 2.24) is 0 Å². The predicted molar refractivity (Wildman–Crippen MR) is 148 cm³/mol.